The van der Waals surface area contributed by atoms with Gasteiger partial charge in [0.25, 0.3) is 0 Å². The standard InChI is InChI=1S/C17H34N2O/c1-4-15-13-18-17(5-2,6-3)14-19(15)11-10-16-9-7-8-12-20-16/h15-16,18H,4-14H2,1-3H3. The Bertz CT molecular complexity index is 272. The Balaban J connectivity index is 1.87. The summed E-state index contributed by atoms with van der Waals surface area (Å²) >= 11 is 0. The van der Waals surface area contributed by atoms with Crippen molar-refractivity contribution in [2.45, 2.75) is 83.4 Å². The van der Waals surface area contributed by atoms with Crippen molar-refractivity contribution < 1.29 is 4.74 Å². The molecule has 1 N–H and O–H groups in total. The van der Waals surface area contributed by atoms with Crippen molar-refractivity contribution in [2.75, 3.05) is 26.2 Å². The number of hydrogen-bond donors (Lipinski definition) is 1. The highest BCUT2D eigenvalue weighted by Gasteiger charge is 2.36. The third-order valence-corrected chi connectivity index (χ3v) is 5.57. The fourth-order valence-corrected chi connectivity index (χ4v) is 3.77. The van der Waals surface area contributed by atoms with Gasteiger partial charge in [-0.1, -0.05) is 20.8 Å². The van der Waals surface area contributed by atoms with E-state index in [1.165, 1.54) is 58.0 Å². The third-order valence-electron chi connectivity index (χ3n) is 5.57. The summed E-state index contributed by atoms with van der Waals surface area (Å²) in [7, 11) is 0. The first-order valence-electron chi connectivity index (χ1n) is 8.83. The van der Waals surface area contributed by atoms with Gasteiger partial charge in [-0.2, -0.15) is 0 Å². The molecule has 3 nitrogen and oxygen atoms in total. The van der Waals surface area contributed by atoms with Crippen LogP contribution in [0.1, 0.15) is 65.7 Å². The Kier molecular flexibility index (Phi) is 6.31. The smallest absolute Gasteiger partial charge is 0.0587 e. The van der Waals surface area contributed by atoms with E-state index in [4.69, 9.17) is 4.74 Å². The lowest BCUT2D eigenvalue weighted by molar-refractivity contribution is -0.00558. The van der Waals surface area contributed by atoms with Crippen LogP contribution in [0.25, 0.3) is 0 Å². The highest BCUT2D eigenvalue weighted by atomic mass is 16.5. The van der Waals surface area contributed by atoms with E-state index in [9.17, 15) is 0 Å². The molecule has 0 aromatic heterocycles. The fourth-order valence-electron chi connectivity index (χ4n) is 3.77. The zero-order chi connectivity index (χ0) is 14.4. The molecular weight excluding hydrogens is 248 g/mol. The molecule has 2 atom stereocenters. The van der Waals surface area contributed by atoms with Crippen molar-refractivity contribution in [3.63, 3.8) is 0 Å². The van der Waals surface area contributed by atoms with E-state index in [0.717, 1.165) is 13.2 Å². The Labute approximate surface area is 125 Å². The Morgan fingerprint density at radius 3 is 2.60 bits per heavy atom. The minimum absolute atomic E-state index is 0.346. The molecule has 2 fully saturated rings. The van der Waals surface area contributed by atoms with Crippen molar-refractivity contribution in [1.82, 2.24) is 10.2 Å². The van der Waals surface area contributed by atoms with Gasteiger partial charge in [0.15, 0.2) is 0 Å². The van der Waals surface area contributed by atoms with Gasteiger partial charge in [0.05, 0.1) is 6.10 Å². The number of ether oxygens (including phenoxy) is 1. The molecule has 3 heteroatoms. The topological polar surface area (TPSA) is 24.5 Å². The summed E-state index contributed by atoms with van der Waals surface area (Å²) in [6.45, 7) is 11.5. The van der Waals surface area contributed by atoms with Gasteiger partial charge >= 0.3 is 0 Å². The molecule has 2 aliphatic rings. The van der Waals surface area contributed by atoms with Crippen LogP contribution in [-0.4, -0.2) is 48.8 Å². The predicted molar refractivity (Wildman–Crippen MR) is 85.2 cm³/mol. The molecule has 118 valence electrons. The van der Waals surface area contributed by atoms with Gasteiger partial charge in [0.1, 0.15) is 0 Å². The summed E-state index contributed by atoms with van der Waals surface area (Å²) in [5, 5.41) is 3.83. The average molecular weight is 282 g/mol. The average Bonchev–Trinajstić information content (AvgIpc) is 2.53. The normalized spacial score (nSPS) is 31.4. The molecule has 0 aliphatic carbocycles. The zero-order valence-electron chi connectivity index (χ0n) is 13.8. The van der Waals surface area contributed by atoms with Crippen molar-refractivity contribution in [3.05, 3.63) is 0 Å². The maximum atomic E-state index is 5.90. The second-order valence-corrected chi connectivity index (χ2v) is 6.68. The lowest BCUT2D eigenvalue weighted by Gasteiger charge is -2.48. The van der Waals surface area contributed by atoms with Gasteiger partial charge in [0.2, 0.25) is 0 Å². The van der Waals surface area contributed by atoms with Crippen molar-refractivity contribution >= 4 is 0 Å². The number of nitrogens with zero attached hydrogens (tertiary/aromatic N) is 1. The molecule has 0 aromatic carbocycles. The largest absolute Gasteiger partial charge is 0.378 e. The number of piperazine rings is 1. The molecular formula is C17H34N2O. The van der Waals surface area contributed by atoms with Gasteiger partial charge in [0, 0.05) is 37.8 Å². The molecule has 0 spiro atoms. The minimum Gasteiger partial charge on any atom is -0.378 e. The van der Waals surface area contributed by atoms with Crippen LogP contribution < -0.4 is 5.32 Å². The molecule has 0 bridgehead atoms. The highest BCUT2D eigenvalue weighted by Crippen LogP contribution is 2.25. The van der Waals surface area contributed by atoms with E-state index >= 15 is 0 Å². The van der Waals surface area contributed by atoms with E-state index in [-0.39, 0.29) is 0 Å². The first kappa shape index (κ1) is 16.3. The second kappa shape index (κ2) is 7.77. The SMILES string of the molecule is CCC1CNC(CC)(CC)CN1CCC1CCCCO1. The zero-order valence-corrected chi connectivity index (χ0v) is 13.8. The predicted octanol–water partition coefficient (Wildman–Crippen LogP) is 3.19. The van der Waals surface area contributed by atoms with Crippen LogP contribution in [-0.2, 0) is 4.74 Å². The molecule has 2 rings (SSSR count). The lowest BCUT2D eigenvalue weighted by atomic mass is 9.88. The summed E-state index contributed by atoms with van der Waals surface area (Å²) in [5.74, 6) is 0. The van der Waals surface area contributed by atoms with Gasteiger partial charge < -0.3 is 10.1 Å². The van der Waals surface area contributed by atoms with E-state index in [2.05, 4.69) is 31.0 Å². The lowest BCUT2D eigenvalue weighted by Crippen LogP contribution is -2.63. The van der Waals surface area contributed by atoms with Gasteiger partial charge in [-0.05, 0) is 44.9 Å². The molecule has 0 radical (unpaired) electrons. The van der Waals surface area contributed by atoms with Gasteiger partial charge in [-0.3, -0.25) is 4.90 Å². The van der Waals surface area contributed by atoms with Crippen LogP contribution in [0, 0.1) is 0 Å². The van der Waals surface area contributed by atoms with Crippen LogP contribution >= 0.6 is 0 Å². The number of rotatable bonds is 6. The minimum atomic E-state index is 0.346. The quantitative estimate of drug-likeness (QED) is 0.810. The Hall–Kier alpha value is -0.120. The number of nitrogens with one attached hydrogen (secondary N) is 1. The fraction of sp³-hybridized carbons (Fsp3) is 1.00. The molecule has 0 aromatic rings. The first-order valence-corrected chi connectivity index (χ1v) is 8.83. The van der Waals surface area contributed by atoms with Crippen LogP contribution in [0.2, 0.25) is 0 Å². The summed E-state index contributed by atoms with van der Waals surface area (Å²) in [6.07, 6.45) is 9.35. The third kappa shape index (κ3) is 3.96. The summed E-state index contributed by atoms with van der Waals surface area (Å²) < 4.78 is 5.90. The van der Waals surface area contributed by atoms with E-state index in [1.807, 2.05) is 0 Å². The summed E-state index contributed by atoms with van der Waals surface area (Å²) in [5.41, 5.74) is 0.346. The molecule has 2 aliphatic heterocycles. The second-order valence-electron chi connectivity index (χ2n) is 6.68. The molecule has 2 saturated heterocycles. The first-order chi connectivity index (χ1) is 9.73. The van der Waals surface area contributed by atoms with E-state index in [1.54, 1.807) is 0 Å². The highest BCUT2D eigenvalue weighted by molar-refractivity contribution is 4.96. The molecule has 2 unspecified atom stereocenters. The summed E-state index contributed by atoms with van der Waals surface area (Å²) in [6, 6.07) is 0.713. The Morgan fingerprint density at radius 2 is 2.00 bits per heavy atom. The van der Waals surface area contributed by atoms with Crippen LogP contribution in [0.5, 0.6) is 0 Å². The number of hydrogen-bond acceptors (Lipinski definition) is 3. The summed E-state index contributed by atoms with van der Waals surface area (Å²) in [4.78, 5) is 2.74. The van der Waals surface area contributed by atoms with Crippen LogP contribution in [0.3, 0.4) is 0 Å². The maximum Gasteiger partial charge on any atom is 0.0587 e. The van der Waals surface area contributed by atoms with E-state index < -0.39 is 0 Å². The molecule has 20 heavy (non-hydrogen) atoms. The van der Waals surface area contributed by atoms with Gasteiger partial charge in [-0.25, -0.2) is 0 Å². The van der Waals surface area contributed by atoms with Crippen molar-refractivity contribution in [3.8, 4) is 0 Å². The molecule has 0 amide bonds. The molecule has 2 heterocycles. The van der Waals surface area contributed by atoms with Crippen molar-refractivity contribution in [1.29, 1.82) is 0 Å². The van der Waals surface area contributed by atoms with Crippen molar-refractivity contribution in [2.24, 2.45) is 0 Å². The maximum absolute atomic E-state index is 5.90. The van der Waals surface area contributed by atoms with Crippen LogP contribution in [0.4, 0.5) is 0 Å². The molecule has 0 saturated carbocycles. The van der Waals surface area contributed by atoms with Crippen LogP contribution in [0.15, 0.2) is 0 Å². The van der Waals surface area contributed by atoms with E-state index in [0.29, 0.717) is 17.7 Å². The Morgan fingerprint density at radius 1 is 1.20 bits per heavy atom. The monoisotopic (exact) mass is 282 g/mol. The van der Waals surface area contributed by atoms with Gasteiger partial charge in [-0.15, -0.1) is 0 Å².